The van der Waals surface area contributed by atoms with Crippen molar-refractivity contribution in [2.75, 3.05) is 4.90 Å². The number of aromatic nitrogens is 1. The first-order chi connectivity index (χ1) is 9.28. The van der Waals surface area contributed by atoms with Crippen LogP contribution in [0.5, 0.6) is 0 Å². The van der Waals surface area contributed by atoms with Crippen LogP contribution >= 0.6 is 0 Å². The van der Waals surface area contributed by atoms with Gasteiger partial charge in [0, 0.05) is 24.3 Å². The van der Waals surface area contributed by atoms with E-state index in [1.165, 1.54) is 17.7 Å². The normalized spacial score (nSPS) is 18.4. The van der Waals surface area contributed by atoms with E-state index in [2.05, 4.69) is 41.2 Å². The Hall–Kier alpha value is -1.81. The zero-order valence-electron chi connectivity index (χ0n) is 11.2. The van der Waals surface area contributed by atoms with Gasteiger partial charge in [-0.25, -0.2) is 0 Å². The van der Waals surface area contributed by atoms with Gasteiger partial charge in [-0.15, -0.1) is 0 Å². The summed E-state index contributed by atoms with van der Waals surface area (Å²) < 4.78 is 5.35. The highest BCUT2D eigenvalue weighted by molar-refractivity contribution is 5.56. The number of rotatable bonds is 3. The molecular formula is C15H19N3O. The number of hydrogen-bond acceptors (Lipinski definition) is 4. The quantitative estimate of drug-likeness (QED) is 0.917. The van der Waals surface area contributed by atoms with Gasteiger partial charge < -0.3 is 15.2 Å². The Morgan fingerprint density at radius 3 is 3.05 bits per heavy atom. The summed E-state index contributed by atoms with van der Waals surface area (Å²) in [5.41, 5.74) is 9.10. The predicted molar refractivity (Wildman–Crippen MR) is 74.8 cm³/mol. The smallest absolute Gasteiger partial charge is 0.156 e. The van der Waals surface area contributed by atoms with Crippen molar-refractivity contribution in [3.63, 3.8) is 0 Å². The number of fused-ring (bicyclic) bond motifs is 1. The number of aryl methyl sites for hydroxylation is 1. The molecule has 1 aliphatic heterocycles. The van der Waals surface area contributed by atoms with E-state index in [-0.39, 0.29) is 0 Å². The molecule has 1 aliphatic rings. The Balaban J connectivity index is 1.87. The van der Waals surface area contributed by atoms with E-state index in [0.29, 0.717) is 12.6 Å². The average molecular weight is 257 g/mol. The maximum absolute atomic E-state index is 5.56. The van der Waals surface area contributed by atoms with Gasteiger partial charge in [0.2, 0.25) is 0 Å². The summed E-state index contributed by atoms with van der Waals surface area (Å²) in [6.07, 6.45) is 2.33. The van der Waals surface area contributed by atoms with E-state index in [1.807, 2.05) is 6.07 Å². The number of para-hydroxylation sites is 1. The van der Waals surface area contributed by atoms with Crippen LogP contribution < -0.4 is 10.6 Å². The van der Waals surface area contributed by atoms with Gasteiger partial charge in [0.25, 0.3) is 0 Å². The Morgan fingerprint density at radius 2 is 2.26 bits per heavy atom. The van der Waals surface area contributed by atoms with Crippen LogP contribution in [0.15, 0.2) is 34.9 Å². The van der Waals surface area contributed by atoms with Crippen LogP contribution in [0.3, 0.4) is 0 Å². The van der Waals surface area contributed by atoms with Gasteiger partial charge in [-0.2, -0.15) is 0 Å². The molecule has 2 aromatic rings. The highest BCUT2D eigenvalue weighted by Crippen LogP contribution is 2.31. The van der Waals surface area contributed by atoms with Gasteiger partial charge in [0.1, 0.15) is 0 Å². The van der Waals surface area contributed by atoms with Crippen LogP contribution in [0.2, 0.25) is 0 Å². The molecule has 0 bridgehead atoms. The molecule has 1 aromatic carbocycles. The fourth-order valence-corrected chi connectivity index (χ4v) is 2.70. The maximum atomic E-state index is 5.56. The highest BCUT2D eigenvalue weighted by Gasteiger charge is 2.23. The molecule has 19 heavy (non-hydrogen) atoms. The summed E-state index contributed by atoms with van der Waals surface area (Å²) in [7, 11) is 0. The van der Waals surface area contributed by atoms with Crippen molar-refractivity contribution < 1.29 is 4.52 Å². The minimum atomic E-state index is 0.426. The molecule has 0 spiro atoms. The fourth-order valence-electron chi connectivity index (χ4n) is 2.70. The second-order valence-corrected chi connectivity index (χ2v) is 5.13. The molecule has 2 N–H and O–H groups in total. The third kappa shape index (κ3) is 2.36. The van der Waals surface area contributed by atoms with Gasteiger partial charge in [0.15, 0.2) is 5.76 Å². The molecule has 100 valence electrons. The lowest BCUT2D eigenvalue weighted by molar-refractivity contribution is 0.369. The molecule has 0 saturated carbocycles. The van der Waals surface area contributed by atoms with Crippen molar-refractivity contribution in [1.82, 2.24) is 5.16 Å². The van der Waals surface area contributed by atoms with E-state index in [9.17, 15) is 0 Å². The SMILES string of the molecule is CC1CCc2ccccc2N1Cc1cc(CN)no1. The molecule has 0 aliphatic carbocycles. The first-order valence-corrected chi connectivity index (χ1v) is 6.77. The van der Waals surface area contributed by atoms with Gasteiger partial charge in [0.05, 0.1) is 12.2 Å². The summed E-state index contributed by atoms with van der Waals surface area (Å²) in [6, 6.07) is 11.1. The van der Waals surface area contributed by atoms with Crippen LogP contribution in [0.4, 0.5) is 5.69 Å². The van der Waals surface area contributed by atoms with Crippen LogP contribution in [0.25, 0.3) is 0 Å². The predicted octanol–water partition coefficient (Wildman–Crippen LogP) is 2.47. The van der Waals surface area contributed by atoms with Crippen LogP contribution in [0.1, 0.15) is 30.4 Å². The first-order valence-electron chi connectivity index (χ1n) is 6.77. The Bertz CT molecular complexity index is 564. The molecule has 0 fully saturated rings. The first kappa shape index (κ1) is 12.2. The van der Waals surface area contributed by atoms with Crippen molar-refractivity contribution in [1.29, 1.82) is 0 Å². The Morgan fingerprint density at radius 1 is 1.42 bits per heavy atom. The summed E-state index contributed by atoms with van der Waals surface area (Å²) in [4.78, 5) is 2.39. The molecule has 0 radical (unpaired) electrons. The molecule has 3 rings (SSSR count). The lowest BCUT2D eigenvalue weighted by atomic mass is 9.96. The third-order valence-electron chi connectivity index (χ3n) is 3.81. The Labute approximate surface area is 113 Å². The number of benzene rings is 1. The van der Waals surface area contributed by atoms with Crippen molar-refractivity contribution in [3.05, 3.63) is 47.3 Å². The minimum absolute atomic E-state index is 0.426. The third-order valence-corrected chi connectivity index (χ3v) is 3.81. The van der Waals surface area contributed by atoms with E-state index in [0.717, 1.165) is 24.4 Å². The summed E-state index contributed by atoms with van der Waals surface area (Å²) in [6.45, 7) is 3.44. The lowest BCUT2D eigenvalue weighted by Crippen LogP contribution is -2.36. The topological polar surface area (TPSA) is 55.3 Å². The standard InChI is InChI=1S/C15H19N3O/c1-11-6-7-12-4-2-3-5-15(12)18(11)10-14-8-13(9-16)17-19-14/h2-5,8,11H,6-7,9-10,16H2,1H3. The minimum Gasteiger partial charge on any atom is -0.361 e. The van der Waals surface area contributed by atoms with E-state index in [4.69, 9.17) is 10.3 Å². The summed E-state index contributed by atoms with van der Waals surface area (Å²) in [5, 5.41) is 3.95. The number of nitrogens with two attached hydrogens (primary N) is 1. The summed E-state index contributed by atoms with van der Waals surface area (Å²) in [5.74, 6) is 0.879. The molecule has 0 amide bonds. The second kappa shape index (κ2) is 5.05. The number of hydrogen-bond donors (Lipinski definition) is 1. The molecule has 4 heteroatoms. The van der Waals surface area contributed by atoms with Crippen molar-refractivity contribution >= 4 is 5.69 Å². The number of anilines is 1. The van der Waals surface area contributed by atoms with Gasteiger partial charge in [-0.05, 0) is 31.4 Å². The average Bonchev–Trinajstić information content (AvgIpc) is 2.90. The van der Waals surface area contributed by atoms with Gasteiger partial charge in [-0.1, -0.05) is 23.4 Å². The lowest BCUT2D eigenvalue weighted by Gasteiger charge is -2.36. The highest BCUT2D eigenvalue weighted by atomic mass is 16.5. The van der Waals surface area contributed by atoms with Crippen LogP contribution in [0, 0.1) is 0 Å². The fraction of sp³-hybridized carbons (Fsp3) is 0.400. The molecule has 2 heterocycles. The van der Waals surface area contributed by atoms with Crippen LogP contribution in [-0.4, -0.2) is 11.2 Å². The molecule has 1 unspecified atom stereocenters. The Kier molecular flexibility index (Phi) is 3.25. The summed E-state index contributed by atoms with van der Waals surface area (Å²) >= 11 is 0. The van der Waals surface area contributed by atoms with Crippen molar-refractivity contribution in [3.8, 4) is 0 Å². The largest absolute Gasteiger partial charge is 0.361 e. The second-order valence-electron chi connectivity index (χ2n) is 5.13. The van der Waals surface area contributed by atoms with Gasteiger partial charge in [-0.3, -0.25) is 0 Å². The van der Waals surface area contributed by atoms with E-state index >= 15 is 0 Å². The zero-order chi connectivity index (χ0) is 13.2. The molecule has 0 saturated heterocycles. The molecular weight excluding hydrogens is 238 g/mol. The molecule has 1 atom stereocenters. The van der Waals surface area contributed by atoms with E-state index < -0.39 is 0 Å². The van der Waals surface area contributed by atoms with Crippen molar-refractivity contribution in [2.24, 2.45) is 5.73 Å². The van der Waals surface area contributed by atoms with E-state index in [1.54, 1.807) is 0 Å². The molecule has 1 aromatic heterocycles. The number of nitrogens with zero attached hydrogens (tertiary/aromatic N) is 2. The zero-order valence-corrected chi connectivity index (χ0v) is 11.2. The monoisotopic (exact) mass is 257 g/mol. The van der Waals surface area contributed by atoms with Crippen LogP contribution in [-0.2, 0) is 19.5 Å². The van der Waals surface area contributed by atoms with Crippen molar-refractivity contribution in [2.45, 2.75) is 38.9 Å². The maximum Gasteiger partial charge on any atom is 0.156 e. The molecule has 4 nitrogen and oxygen atoms in total. The van der Waals surface area contributed by atoms with Gasteiger partial charge >= 0.3 is 0 Å².